The van der Waals surface area contributed by atoms with Gasteiger partial charge in [-0.2, -0.15) is 0 Å². The Morgan fingerprint density at radius 1 is 1.12 bits per heavy atom. The van der Waals surface area contributed by atoms with Gasteiger partial charge < -0.3 is 0 Å². The summed E-state index contributed by atoms with van der Waals surface area (Å²) in [5.74, 6) is 0. The highest BCUT2D eigenvalue weighted by Crippen LogP contribution is 2.34. The number of rotatable bonds is 8. The van der Waals surface area contributed by atoms with Gasteiger partial charge in [-0.15, -0.1) is 11.3 Å². The summed E-state index contributed by atoms with van der Waals surface area (Å²) < 4.78 is 0. The average Bonchev–Trinajstić information content (AvgIpc) is 2.79. The predicted octanol–water partition coefficient (Wildman–Crippen LogP) is 5.17. The molecule has 1 nitrogen and oxygen atoms in total. The molecule has 0 amide bonds. The molecule has 1 atom stereocenters. The highest BCUT2D eigenvalue weighted by Gasteiger charge is 2.26. The van der Waals surface area contributed by atoms with Gasteiger partial charge in [-0.25, -0.2) is 4.98 Å². The standard InChI is InChI=1S/C14H25NS/c1-4-6-7-8-10-14(3,9-5-2)13-11-16-12-15-13/h11-12H,4-10H2,1-3H3. The molecule has 2 heteroatoms. The molecule has 0 aliphatic heterocycles. The van der Waals surface area contributed by atoms with Gasteiger partial charge in [0.15, 0.2) is 0 Å². The summed E-state index contributed by atoms with van der Waals surface area (Å²) in [5.41, 5.74) is 3.61. The molecule has 0 aliphatic rings. The summed E-state index contributed by atoms with van der Waals surface area (Å²) in [6.07, 6.45) is 9.23. The molecule has 0 N–H and O–H groups in total. The molecule has 1 rings (SSSR count). The van der Waals surface area contributed by atoms with Crippen molar-refractivity contribution in [3.8, 4) is 0 Å². The van der Waals surface area contributed by atoms with Crippen molar-refractivity contribution in [3.05, 3.63) is 16.6 Å². The number of thiazole rings is 1. The van der Waals surface area contributed by atoms with Gasteiger partial charge in [0, 0.05) is 10.8 Å². The van der Waals surface area contributed by atoms with Crippen molar-refractivity contribution >= 4 is 11.3 Å². The van der Waals surface area contributed by atoms with E-state index in [4.69, 9.17) is 0 Å². The van der Waals surface area contributed by atoms with E-state index in [-0.39, 0.29) is 0 Å². The van der Waals surface area contributed by atoms with Crippen LogP contribution in [-0.2, 0) is 5.41 Å². The number of aromatic nitrogens is 1. The van der Waals surface area contributed by atoms with Crippen LogP contribution in [0.4, 0.5) is 0 Å². The number of hydrogen-bond acceptors (Lipinski definition) is 2. The molecule has 16 heavy (non-hydrogen) atoms. The van der Waals surface area contributed by atoms with Gasteiger partial charge in [0.1, 0.15) is 0 Å². The van der Waals surface area contributed by atoms with Crippen LogP contribution in [0.5, 0.6) is 0 Å². The summed E-state index contributed by atoms with van der Waals surface area (Å²) in [6.45, 7) is 6.93. The minimum Gasteiger partial charge on any atom is -0.249 e. The van der Waals surface area contributed by atoms with Crippen LogP contribution in [0.1, 0.15) is 71.4 Å². The summed E-state index contributed by atoms with van der Waals surface area (Å²) in [4.78, 5) is 4.52. The monoisotopic (exact) mass is 239 g/mol. The summed E-state index contributed by atoms with van der Waals surface area (Å²) in [5, 5.41) is 2.23. The van der Waals surface area contributed by atoms with Crippen molar-refractivity contribution < 1.29 is 0 Å². The molecule has 1 heterocycles. The lowest BCUT2D eigenvalue weighted by molar-refractivity contribution is 0.369. The molecule has 1 aromatic heterocycles. The Morgan fingerprint density at radius 2 is 1.94 bits per heavy atom. The Morgan fingerprint density at radius 3 is 2.50 bits per heavy atom. The van der Waals surface area contributed by atoms with E-state index >= 15 is 0 Å². The van der Waals surface area contributed by atoms with Crippen LogP contribution in [0.15, 0.2) is 10.9 Å². The first kappa shape index (κ1) is 13.7. The average molecular weight is 239 g/mol. The highest BCUT2D eigenvalue weighted by atomic mass is 32.1. The Bertz CT molecular complexity index is 268. The molecule has 0 fully saturated rings. The van der Waals surface area contributed by atoms with E-state index in [1.54, 1.807) is 11.3 Å². The smallest absolute Gasteiger partial charge is 0.0794 e. The van der Waals surface area contributed by atoms with Crippen LogP contribution in [0.25, 0.3) is 0 Å². The Hall–Kier alpha value is -0.370. The van der Waals surface area contributed by atoms with Crippen LogP contribution in [0.3, 0.4) is 0 Å². The van der Waals surface area contributed by atoms with Crippen molar-refractivity contribution in [3.63, 3.8) is 0 Å². The van der Waals surface area contributed by atoms with Crippen molar-refractivity contribution in [2.75, 3.05) is 0 Å². The van der Waals surface area contributed by atoms with Crippen LogP contribution < -0.4 is 0 Å². The summed E-state index contributed by atoms with van der Waals surface area (Å²) in [6, 6.07) is 0. The number of nitrogens with zero attached hydrogens (tertiary/aromatic N) is 1. The zero-order valence-corrected chi connectivity index (χ0v) is 11.8. The van der Waals surface area contributed by atoms with Crippen LogP contribution in [0, 0.1) is 0 Å². The van der Waals surface area contributed by atoms with Gasteiger partial charge in [-0.05, 0) is 12.8 Å². The largest absolute Gasteiger partial charge is 0.249 e. The van der Waals surface area contributed by atoms with Gasteiger partial charge >= 0.3 is 0 Å². The van der Waals surface area contributed by atoms with E-state index in [2.05, 4.69) is 31.1 Å². The minimum absolute atomic E-state index is 0.322. The lowest BCUT2D eigenvalue weighted by atomic mass is 9.78. The fourth-order valence-corrected chi connectivity index (χ4v) is 3.10. The maximum absolute atomic E-state index is 4.52. The van der Waals surface area contributed by atoms with E-state index in [0.29, 0.717) is 5.41 Å². The molecule has 0 saturated carbocycles. The second-order valence-corrected chi connectivity index (χ2v) is 5.71. The van der Waals surface area contributed by atoms with Gasteiger partial charge in [-0.1, -0.05) is 52.9 Å². The molecule has 0 bridgehead atoms. The van der Waals surface area contributed by atoms with E-state index in [1.807, 2.05) is 5.51 Å². The second-order valence-electron chi connectivity index (χ2n) is 5.00. The lowest BCUT2D eigenvalue weighted by Crippen LogP contribution is -2.22. The summed E-state index contributed by atoms with van der Waals surface area (Å²) >= 11 is 1.72. The van der Waals surface area contributed by atoms with Gasteiger partial charge in [0.25, 0.3) is 0 Å². The molecular weight excluding hydrogens is 214 g/mol. The topological polar surface area (TPSA) is 12.9 Å². The first-order valence-corrected chi connectivity index (χ1v) is 7.56. The van der Waals surface area contributed by atoms with Crippen LogP contribution in [0.2, 0.25) is 0 Å². The zero-order valence-electron chi connectivity index (χ0n) is 11.0. The third kappa shape index (κ3) is 3.89. The third-order valence-corrected chi connectivity index (χ3v) is 4.02. The molecule has 0 aliphatic carbocycles. The molecule has 0 saturated heterocycles. The predicted molar refractivity (Wildman–Crippen MR) is 73.1 cm³/mol. The number of hydrogen-bond donors (Lipinski definition) is 0. The fraction of sp³-hybridized carbons (Fsp3) is 0.786. The van der Waals surface area contributed by atoms with E-state index in [1.165, 1.54) is 50.6 Å². The molecule has 0 radical (unpaired) electrons. The number of unbranched alkanes of at least 4 members (excludes halogenated alkanes) is 3. The minimum atomic E-state index is 0.322. The summed E-state index contributed by atoms with van der Waals surface area (Å²) in [7, 11) is 0. The van der Waals surface area contributed by atoms with Crippen molar-refractivity contribution in [1.82, 2.24) is 4.98 Å². The molecule has 1 unspecified atom stereocenters. The zero-order chi connectivity index (χ0) is 11.9. The van der Waals surface area contributed by atoms with Crippen LogP contribution >= 0.6 is 11.3 Å². The van der Waals surface area contributed by atoms with Gasteiger partial charge in [-0.3, -0.25) is 0 Å². The molecular formula is C14H25NS. The molecule has 0 spiro atoms. The fourth-order valence-electron chi connectivity index (χ4n) is 2.39. The molecule has 0 aromatic carbocycles. The quantitative estimate of drug-likeness (QED) is 0.570. The lowest BCUT2D eigenvalue weighted by Gasteiger charge is -2.27. The highest BCUT2D eigenvalue weighted by molar-refractivity contribution is 7.07. The Labute approximate surface area is 104 Å². The first-order valence-electron chi connectivity index (χ1n) is 6.61. The Balaban J connectivity index is 2.52. The van der Waals surface area contributed by atoms with Crippen molar-refractivity contribution in [2.24, 2.45) is 0 Å². The van der Waals surface area contributed by atoms with Gasteiger partial charge in [0.05, 0.1) is 11.2 Å². The molecule has 1 aromatic rings. The van der Waals surface area contributed by atoms with Gasteiger partial charge in [0.2, 0.25) is 0 Å². The normalized spacial score (nSPS) is 14.9. The Kier molecular flexibility index (Phi) is 6.04. The van der Waals surface area contributed by atoms with Crippen molar-refractivity contribution in [1.29, 1.82) is 0 Å². The van der Waals surface area contributed by atoms with Crippen molar-refractivity contribution in [2.45, 2.75) is 71.1 Å². The van der Waals surface area contributed by atoms with E-state index in [9.17, 15) is 0 Å². The SMILES string of the molecule is CCCCCCC(C)(CCC)c1cscn1. The third-order valence-electron chi connectivity index (χ3n) is 3.43. The molecule has 92 valence electrons. The van der Waals surface area contributed by atoms with E-state index < -0.39 is 0 Å². The van der Waals surface area contributed by atoms with Crippen LogP contribution in [-0.4, -0.2) is 4.98 Å². The van der Waals surface area contributed by atoms with E-state index in [0.717, 1.165) is 0 Å². The first-order chi connectivity index (χ1) is 7.73. The maximum Gasteiger partial charge on any atom is 0.0794 e. The maximum atomic E-state index is 4.52. The second kappa shape index (κ2) is 7.05.